The summed E-state index contributed by atoms with van der Waals surface area (Å²) in [5.74, 6) is -1.22. The van der Waals surface area contributed by atoms with Gasteiger partial charge in [-0.15, -0.1) is 0 Å². The number of hydrogen-bond acceptors (Lipinski definition) is 7. The first-order chi connectivity index (χ1) is 13.1. The Morgan fingerprint density at radius 1 is 1.07 bits per heavy atom. The topological polar surface area (TPSA) is 128 Å². The van der Waals surface area contributed by atoms with Gasteiger partial charge in [-0.3, -0.25) is 19.2 Å². The minimum atomic E-state index is -0.773. The van der Waals surface area contributed by atoms with Crippen LogP contribution in [0.5, 0.6) is 5.75 Å². The first kappa shape index (κ1) is 20.9. The number of amides is 2. The second-order valence-electron chi connectivity index (χ2n) is 6.91. The van der Waals surface area contributed by atoms with Gasteiger partial charge in [-0.05, 0) is 18.1 Å². The second-order valence-corrected chi connectivity index (χ2v) is 6.91. The van der Waals surface area contributed by atoms with E-state index in [4.69, 9.17) is 0 Å². The van der Waals surface area contributed by atoms with Gasteiger partial charge in [0, 0.05) is 21.1 Å². The molecule has 2 aromatic carbocycles. The van der Waals surface area contributed by atoms with Crippen molar-refractivity contribution in [2.75, 3.05) is 31.8 Å². The molecule has 2 amide bonds. The summed E-state index contributed by atoms with van der Waals surface area (Å²) >= 11 is 0. The fourth-order valence-electron chi connectivity index (χ4n) is 2.69. The molecule has 28 heavy (non-hydrogen) atoms. The van der Waals surface area contributed by atoms with Crippen molar-refractivity contribution in [1.29, 1.82) is 0 Å². The van der Waals surface area contributed by atoms with Gasteiger partial charge in [-0.25, -0.2) is 0 Å². The molecule has 0 radical (unpaired) electrons. The first-order valence-corrected chi connectivity index (χ1v) is 8.72. The molecule has 4 N–H and O–H groups in total. The Kier molecular flexibility index (Phi) is 6.07. The number of aromatic hydroxyl groups is 1. The van der Waals surface area contributed by atoms with E-state index in [1.165, 1.54) is 24.1 Å². The molecule has 0 aliphatic heterocycles. The number of benzene rings is 1. The van der Waals surface area contributed by atoms with Crippen LogP contribution in [-0.4, -0.2) is 49.0 Å². The van der Waals surface area contributed by atoms with E-state index in [-0.39, 0.29) is 40.2 Å². The average molecular weight is 388 g/mol. The molecule has 0 aromatic heterocycles. The summed E-state index contributed by atoms with van der Waals surface area (Å²) in [6, 6.07) is 3.74. The van der Waals surface area contributed by atoms with Crippen molar-refractivity contribution in [3.05, 3.63) is 44.2 Å². The molecule has 0 unspecified atom stereocenters. The van der Waals surface area contributed by atoms with Gasteiger partial charge < -0.3 is 26.0 Å². The van der Waals surface area contributed by atoms with Crippen LogP contribution < -0.4 is 26.8 Å². The summed E-state index contributed by atoms with van der Waals surface area (Å²) in [5, 5.41) is 18.4. The van der Waals surface area contributed by atoms with Gasteiger partial charge in [0.2, 0.25) is 5.91 Å². The van der Waals surface area contributed by atoms with Crippen molar-refractivity contribution in [2.45, 2.75) is 19.9 Å². The zero-order valence-electron chi connectivity index (χ0n) is 16.4. The predicted molar refractivity (Wildman–Crippen MR) is 107 cm³/mol. The maximum absolute atomic E-state index is 12.1. The van der Waals surface area contributed by atoms with E-state index in [1.54, 1.807) is 34.0 Å². The van der Waals surface area contributed by atoms with Crippen LogP contribution in [-0.2, 0) is 4.79 Å². The van der Waals surface area contributed by atoms with Gasteiger partial charge in [0.15, 0.2) is 5.75 Å². The Balaban J connectivity index is 2.37. The van der Waals surface area contributed by atoms with Gasteiger partial charge in [0.05, 0.1) is 11.3 Å². The summed E-state index contributed by atoms with van der Waals surface area (Å²) in [5.41, 5.74) is -1.47. The molecule has 0 heterocycles. The highest BCUT2D eigenvalue weighted by Crippen LogP contribution is 2.32. The standard InChI is InChI=1S/C19H24N4O5/c1-9(2)12(18(27)20-3)22-14-13(16(25)17(14)26)21-11-8-6-7-10(15(11)24)19(28)23(4)5/h6-9,12,21-22,24H,1-5H3,(H,20,27)/t12-/m1/s1. The molecule has 0 saturated carbocycles. The Morgan fingerprint density at radius 2 is 1.68 bits per heavy atom. The highest BCUT2D eigenvalue weighted by atomic mass is 16.3. The molecule has 0 aliphatic rings. The normalized spacial score (nSPS) is 11.9. The second kappa shape index (κ2) is 8.12. The number of rotatable bonds is 7. The molecular weight excluding hydrogens is 364 g/mol. The third kappa shape index (κ3) is 3.83. The third-order valence-corrected chi connectivity index (χ3v) is 4.34. The minimum absolute atomic E-state index is 0.0314. The highest BCUT2D eigenvalue weighted by molar-refractivity contribution is 5.99. The van der Waals surface area contributed by atoms with Crippen molar-refractivity contribution in [1.82, 2.24) is 10.2 Å². The molecule has 0 saturated heterocycles. The van der Waals surface area contributed by atoms with Gasteiger partial charge in [0.25, 0.3) is 16.8 Å². The summed E-state index contributed by atoms with van der Waals surface area (Å²) in [4.78, 5) is 49.5. The number of hydrogen-bond donors (Lipinski definition) is 4. The molecule has 0 fully saturated rings. The van der Waals surface area contributed by atoms with Crippen LogP contribution in [0, 0.1) is 5.92 Å². The quantitative estimate of drug-likeness (QED) is 0.404. The summed E-state index contributed by atoms with van der Waals surface area (Å²) in [6.07, 6.45) is 0. The van der Waals surface area contributed by atoms with E-state index in [1.807, 2.05) is 0 Å². The van der Waals surface area contributed by atoms with Crippen LogP contribution in [0.3, 0.4) is 0 Å². The fraction of sp³-hybridized carbons (Fsp3) is 0.368. The number of likely N-dealkylation sites (N-methyl/N-ethyl adjacent to an activating group) is 1. The first-order valence-electron chi connectivity index (χ1n) is 8.72. The molecule has 1 atom stereocenters. The molecule has 9 nitrogen and oxygen atoms in total. The Morgan fingerprint density at radius 3 is 2.21 bits per heavy atom. The Bertz CT molecular complexity index is 973. The predicted octanol–water partition coefficient (Wildman–Crippen LogP) is 0.616. The monoisotopic (exact) mass is 388 g/mol. The smallest absolute Gasteiger partial charge is 0.257 e. The summed E-state index contributed by atoms with van der Waals surface area (Å²) in [7, 11) is 4.57. The number of nitrogens with zero attached hydrogens (tertiary/aromatic N) is 1. The zero-order valence-corrected chi connectivity index (χ0v) is 16.4. The number of anilines is 3. The van der Waals surface area contributed by atoms with Gasteiger partial charge in [0.1, 0.15) is 17.4 Å². The van der Waals surface area contributed by atoms with Crippen molar-refractivity contribution >= 4 is 28.9 Å². The van der Waals surface area contributed by atoms with Crippen LogP contribution in [0.4, 0.5) is 17.1 Å². The van der Waals surface area contributed by atoms with Gasteiger partial charge in [-0.2, -0.15) is 0 Å². The number of nitrogens with one attached hydrogen (secondary N) is 3. The van der Waals surface area contributed by atoms with E-state index >= 15 is 0 Å². The molecule has 0 aliphatic carbocycles. The van der Waals surface area contributed by atoms with Crippen LogP contribution in [0.1, 0.15) is 24.2 Å². The van der Waals surface area contributed by atoms with E-state index in [0.29, 0.717) is 0 Å². The number of phenols is 1. The van der Waals surface area contributed by atoms with Crippen molar-refractivity contribution in [3.8, 4) is 5.75 Å². The van der Waals surface area contributed by atoms with Crippen molar-refractivity contribution in [2.24, 2.45) is 5.92 Å². The number of carbonyl (C=O) groups excluding carboxylic acids is 2. The average Bonchev–Trinajstić information content (AvgIpc) is 2.66. The van der Waals surface area contributed by atoms with Crippen molar-refractivity contribution in [3.63, 3.8) is 0 Å². The molecular formula is C19H24N4O5. The zero-order chi connectivity index (χ0) is 21.2. The molecule has 2 aromatic rings. The van der Waals surface area contributed by atoms with Crippen LogP contribution in [0.15, 0.2) is 27.8 Å². The SMILES string of the molecule is CNC(=O)[C@H](Nc1c(Nc2cccc(C(=O)N(C)C)c2O)c(=O)c1=O)C(C)C. The van der Waals surface area contributed by atoms with Crippen LogP contribution in [0.25, 0.3) is 0 Å². The lowest BCUT2D eigenvalue weighted by Crippen LogP contribution is -2.46. The van der Waals surface area contributed by atoms with Gasteiger partial charge >= 0.3 is 0 Å². The Labute approximate surface area is 162 Å². The molecule has 150 valence electrons. The third-order valence-electron chi connectivity index (χ3n) is 4.34. The lowest BCUT2D eigenvalue weighted by Gasteiger charge is -2.24. The van der Waals surface area contributed by atoms with E-state index < -0.39 is 22.8 Å². The van der Waals surface area contributed by atoms with Crippen LogP contribution in [0.2, 0.25) is 0 Å². The molecule has 0 spiro atoms. The number of para-hydroxylation sites is 1. The lowest BCUT2D eigenvalue weighted by atomic mass is 10.0. The lowest BCUT2D eigenvalue weighted by molar-refractivity contribution is -0.122. The van der Waals surface area contributed by atoms with E-state index in [9.17, 15) is 24.3 Å². The maximum Gasteiger partial charge on any atom is 0.257 e. The maximum atomic E-state index is 12.1. The minimum Gasteiger partial charge on any atom is -0.505 e. The Hall–Kier alpha value is -3.36. The summed E-state index contributed by atoms with van der Waals surface area (Å²) < 4.78 is 0. The van der Waals surface area contributed by atoms with Crippen molar-refractivity contribution < 1.29 is 14.7 Å². The van der Waals surface area contributed by atoms with E-state index in [0.717, 1.165) is 0 Å². The van der Waals surface area contributed by atoms with Crippen LogP contribution >= 0.6 is 0 Å². The molecule has 2 rings (SSSR count). The molecule has 0 bridgehead atoms. The fourth-order valence-corrected chi connectivity index (χ4v) is 2.69. The molecule has 9 heteroatoms. The highest BCUT2D eigenvalue weighted by Gasteiger charge is 2.29. The number of carbonyl (C=O) groups is 2. The van der Waals surface area contributed by atoms with Gasteiger partial charge in [-0.1, -0.05) is 19.9 Å². The largest absolute Gasteiger partial charge is 0.505 e. The number of phenolic OH excluding ortho intramolecular Hbond substituents is 1. The van der Waals surface area contributed by atoms with E-state index in [2.05, 4.69) is 16.0 Å². The summed E-state index contributed by atoms with van der Waals surface area (Å²) in [6.45, 7) is 3.60.